The normalized spacial score (nSPS) is 18.5. The largest absolute Gasteiger partial charge is 0.339 e. The van der Waals surface area contributed by atoms with E-state index in [0.29, 0.717) is 21.6 Å². The predicted octanol–water partition coefficient (Wildman–Crippen LogP) is 3.45. The third-order valence-electron chi connectivity index (χ3n) is 4.57. The van der Waals surface area contributed by atoms with Gasteiger partial charge in [-0.3, -0.25) is 9.59 Å². The van der Waals surface area contributed by atoms with E-state index < -0.39 is 0 Å². The molecule has 3 rings (SSSR count). The van der Waals surface area contributed by atoms with E-state index >= 15 is 0 Å². The van der Waals surface area contributed by atoms with Gasteiger partial charge >= 0.3 is 0 Å². The van der Waals surface area contributed by atoms with Gasteiger partial charge in [0.25, 0.3) is 5.91 Å². The van der Waals surface area contributed by atoms with Gasteiger partial charge in [-0.05, 0) is 44.4 Å². The van der Waals surface area contributed by atoms with E-state index in [1.165, 1.54) is 29.5 Å². The molecule has 26 heavy (non-hydrogen) atoms. The first-order valence-electron chi connectivity index (χ1n) is 8.65. The number of rotatable bonds is 4. The Hall–Kier alpha value is -1.31. The molecular formula is C18H22ClN3O2S2. The Morgan fingerprint density at radius 1 is 1.35 bits per heavy atom. The fourth-order valence-electron chi connectivity index (χ4n) is 3.13. The van der Waals surface area contributed by atoms with Crippen LogP contribution in [0.5, 0.6) is 0 Å². The van der Waals surface area contributed by atoms with Gasteiger partial charge in [-0.25, -0.2) is 0 Å². The van der Waals surface area contributed by atoms with E-state index in [9.17, 15) is 9.59 Å². The Balaban J connectivity index is 1.59. The average Bonchev–Trinajstić information content (AvgIpc) is 2.90. The number of halogens is 1. The van der Waals surface area contributed by atoms with Crippen molar-refractivity contribution in [1.82, 2.24) is 9.47 Å². The van der Waals surface area contributed by atoms with Crippen molar-refractivity contribution >= 4 is 56.7 Å². The van der Waals surface area contributed by atoms with Gasteiger partial charge in [0, 0.05) is 24.7 Å². The highest BCUT2D eigenvalue weighted by molar-refractivity contribution is 8.00. The highest BCUT2D eigenvalue weighted by Gasteiger charge is 2.22. The number of likely N-dealkylation sites (tertiary alicyclic amines) is 1. The zero-order valence-corrected chi connectivity index (χ0v) is 17.3. The van der Waals surface area contributed by atoms with Crippen molar-refractivity contribution in [3.8, 4) is 0 Å². The van der Waals surface area contributed by atoms with Crippen molar-refractivity contribution in [3.63, 3.8) is 0 Å². The van der Waals surface area contributed by atoms with Gasteiger partial charge in [0.05, 0.1) is 21.7 Å². The highest BCUT2D eigenvalue weighted by Crippen LogP contribution is 2.21. The van der Waals surface area contributed by atoms with Crippen LogP contribution in [0.3, 0.4) is 0 Å². The number of aryl methyl sites for hydroxylation is 1. The molecule has 0 aliphatic carbocycles. The fourth-order valence-corrected chi connectivity index (χ4v) is 5.12. The molecule has 0 bridgehead atoms. The average molecular weight is 412 g/mol. The lowest BCUT2D eigenvalue weighted by Crippen LogP contribution is -2.43. The first-order valence-corrected chi connectivity index (χ1v) is 11.0. The minimum Gasteiger partial charge on any atom is -0.339 e. The van der Waals surface area contributed by atoms with Gasteiger partial charge in [-0.1, -0.05) is 22.9 Å². The van der Waals surface area contributed by atoms with E-state index in [2.05, 4.69) is 11.9 Å². The van der Waals surface area contributed by atoms with Gasteiger partial charge in [0.15, 0.2) is 4.80 Å². The van der Waals surface area contributed by atoms with Gasteiger partial charge in [0.2, 0.25) is 5.91 Å². The minimum absolute atomic E-state index is 0.122. The summed E-state index contributed by atoms with van der Waals surface area (Å²) in [6.07, 6.45) is 3.32. The summed E-state index contributed by atoms with van der Waals surface area (Å²) >= 11 is 8.79. The third kappa shape index (κ3) is 4.50. The van der Waals surface area contributed by atoms with Crippen LogP contribution in [0.25, 0.3) is 10.2 Å². The van der Waals surface area contributed by atoms with Crippen molar-refractivity contribution in [2.24, 2.45) is 12.0 Å². The number of thioether (sulfide) groups is 1. The molecule has 1 aromatic carbocycles. The summed E-state index contributed by atoms with van der Waals surface area (Å²) in [5.41, 5.74) is 0.993. The number of hydrogen-bond donors (Lipinski definition) is 0. The molecule has 1 saturated heterocycles. The summed E-state index contributed by atoms with van der Waals surface area (Å²) in [6, 6.07) is 5.93. The van der Waals surface area contributed by atoms with Crippen LogP contribution in [0.15, 0.2) is 23.2 Å². The Morgan fingerprint density at radius 2 is 2.15 bits per heavy atom. The van der Waals surface area contributed by atoms with Gasteiger partial charge < -0.3 is 9.47 Å². The molecule has 1 aliphatic heterocycles. The van der Waals surface area contributed by atoms with Crippen LogP contribution in [-0.4, -0.2) is 45.4 Å². The second kappa shape index (κ2) is 8.59. The Labute approximate surface area is 166 Å². The smallest absolute Gasteiger partial charge is 0.258 e. The molecular weight excluding hydrogens is 390 g/mol. The van der Waals surface area contributed by atoms with Crippen molar-refractivity contribution in [2.75, 3.05) is 18.1 Å². The minimum atomic E-state index is -0.220. The number of carbonyl (C=O) groups is 2. The molecule has 1 aliphatic rings. The fraction of sp³-hybridized carbons (Fsp3) is 0.500. The van der Waals surface area contributed by atoms with Crippen molar-refractivity contribution in [2.45, 2.75) is 32.2 Å². The zero-order valence-electron chi connectivity index (χ0n) is 14.9. The number of aromatic nitrogens is 1. The molecule has 0 saturated carbocycles. The molecule has 0 spiro atoms. The number of benzene rings is 1. The quantitative estimate of drug-likeness (QED) is 0.774. The highest BCUT2D eigenvalue weighted by atomic mass is 35.5. The number of hydrogen-bond acceptors (Lipinski definition) is 4. The molecule has 8 heteroatoms. The van der Waals surface area contributed by atoms with E-state index in [0.717, 1.165) is 29.6 Å². The Bertz CT molecular complexity index is 890. The molecule has 1 fully saturated rings. The van der Waals surface area contributed by atoms with Gasteiger partial charge in [-0.15, -0.1) is 11.8 Å². The van der Waals surface area contributed by atoms with E-state index in [-0.39, 0.29) is 17.6 Å². The summed E-state index contributed by atoms with van der Waals surface area (Å²) in [7, 11) is 1.88. The third-order valence-corrected chi connectivity index (χ3v) is 6.80. The molecule has 1 atom stereocenters. The first-order chi connectivity index (χ1) is 12.5. The van der Waals surface area contributed by atoms with Crippen LogP contribution in [0.4, 0.5) is 0 Å². The number of thiazole rings is 1. The summed E-state index contributed by atoms with van der Waals surface area (Å²) in [5, 5.41) is 0.665. The molecule has 1 aromatic heterocycles. The van der Waals surface area contributed by atoms with Crippen molar-refractivity contribution < 1.29 is 9.59 Å². The summed E-state index contributed by atoms with van der Waals surface area (Å²) in [6.45, 7) is 2.93. The number of piperidine rings is 1. The number of amides is 2. The number of fused-ring (bicyclic) bond motifs is 1. The molecule has 2 aromatic rings. The Morgan fingerprint density at radius 3 is 2.92 bits per heavy atom. The molecule has 1 unspecified atom stereocenters. The molecule has 0 radical (unpaired) electrons. The summed E-state index contributed by atoms with van der Waals surface area (Å²) in [4.78, 5) is 31.3. The van der Waals surface area contributed by atoms with Crippen molar-refractivity contribution in [1.29, 1.82) is 0 Å². The second-order valence-corrected chi connectivity index (χ2v) is 8.92. The maximum Gasteiger partial charge on any atom is 0.258 e. The van der Waals surface area contributed by atoms with Gasteiger partial charge in [-0.2, -0.15) is 4.99 Å². The van der Waals surface area contributed by atoms with Crippen molar-refractivity contribution in [3.05, 3.63) is 28.0 Å². The van der Waals surface area contributed by atoms with E-state index in [1.54, 1.807) is 0 Å². The van der Waals surface area contributed by atoms with Crippen LogP contribution in [0.1, 0.15) is 26.2 Å². The van der Waals surface area contributed by atoms with Crippen LogP contribution in [0, 0.1) is 0 Å². The summed E-state index contributed by atoms with van der Waals surface area (Å²) in [5.74, 6) is 0.447. The first kappa shape index (κ1) is 19.5. The molecule has 2 amide bonds. The van der Waals surface area contributed by atoms with Crippen LogP contribution >= 0.6 is 34.7 Å². The lowest BCUT2D eigenvalue weighted by atomic mass is 10.0. The van der Waals surface area contributed by atoms with Gasteiger partial charge in [0.1, 0.15) is 0 Å². The van der Waals surface area contributed by atoms with E-state index in [1.807, 2.05) is 34.7 Å². The van der Waals surface area contributed by atoms with Crippen LogP contribution in [-0.2, 0) is 16.6 Å². The molecule has 0 N–H and O–H groups in total. The molecule has 5 nitrogen and oxygen atoms in total. The molecule has 140 valence electrons. The zero-order chi connectivity index (χ0) is 18.7. The van der Waals surface area contributed by atoms with Crippen LogP contribution < -0.4 is 4.80 Å². The number of carbonyl (C=O) groups excluding carboxylic acids is 2. The second-order valence-electron chi connectivity index (χ2n) is 6.49. The Kier molecular flexibility index (Phi) is 6.42. The predicted molar refractivity (Wildman–Crippen MR) is 109 cm³/mol. The van der Waals surface area contributed by atoms with Crippen LogP contribution in [0.2, 0.25) is 5.02 Å². The lowest BCUT2D eigenvalue weighted by molar-refractivity contribution is -0.131. The lowest BCUT2D eigenvalue weighted by Gasteiger charge is -2.33. The topological polar surface area (TPSA) is 54.7 Å². The SMILES string of the molecule is CC1CCCCN1C(=O)CSCC(=O)N=c1sc2cc(Cl)ccc2n1C. The maximum absolute atomic E-state index is 12.3. The summed E-state index contributed by atoms with van der Waals surface area (Å²) < 4.78 is 2.88. The standard InChI is InChI=1S/C18H22ClN3O2S2/c1-12-5-3-4-8-22(12)17(24)11-25-10-16(23)20-18-21(2)14-7-6-13(19)9-15(14)26-18/h6-7,9,12H,3-5,8,10-11H2,1-2H3. The molecule has 2 heterocycles. The number of nitrogens with zero attached hydrogens (tertiary/aromatic N) is 3. The monoisotopic (exact) mass is 411 g/mol. The van der Waals surface area contributed by atoms with E-state index in [4.69, 9.17) is 11.6 Å². The maximum atomic E-state index is 12.3.